The molecule has 1 aliphatic carbocycles. The Morgan fingerprint density at radius 1 is 1.12 bits per heavy atom. The molecule has 0 unspecified atom stereocenters. The van der Waals surface area contributed by atoms with Crippen molar-refractivity contribution in [3.05, 3.63) is 35.6 Å². The highest BCUT2D eigenvalue weighted by molar-refractivity contribution is 6.08. The number of rotatable bonds is 4. The number of carbonyl (C=O) groups excluding carboxylic acids is 2. The lowest BCUT2D eigenvalue weighted by atomic mass is 9.96. The van der Waals surface area contributed by atoms with Gasteiger partial charge in [-0.3, -0.25) is 9.59 Å². The smallest absolute Gasteiger partial charge is 0.170 e. The van der Waals surface area contributed by atoms with Crippen LogP contribution in [0.15, 0.2) is 24.3 Å². The average Bonchev–Trinajstić information content (AvgIpc) is 2.83. The molecule has 1 aliphatic rings. The summed E-state index contributed by atoms with van der Waals surface area (Å²) in [6, 6.07) is 5.35. The summed E-state index contributed by atoms with van der Waals surface area (Å²) in [5.74, 6) is -0.471. The van der Waals surface area contributed by atoms with Crippen LogP contribution in [0.5, 0.6) is 0 Å². The molecule has 0 heterocycles. The van der Waals surface area contributed by atoms with E-state index in [0.29, 0.717) is 5.56 Å². The third-order valence-corrected chi connectivity index (χ3v) is 3.31. The minimum absolute atomic E-state index is 0.0387. The summed E-state index contributed by atoms with van der Waals surface area (Å²) in [7, 11) is 0. The van der Waals surface area contributed by atoms with Crippen LogP contribution in [0.1, 0.15) is 42.5 Å². The molecular weight excluding hydrogens is 219 g/mol. The van der Waals surface area contributed by atoms with E-state index in [2.05, 4.69) is 0 Å². The van der Waals surface area contributed by atoms with Crippen LogP contribution >= 0.6 is 0 Å². The molecule has 0 amide bonds. The molecule has 1 fully saturated rings. The lowest BCUT2D eigenvalue weighted by molar-refractivity contribution is -0.121. The van der Waals surface area contributed by atoms with Crippen LogP contribution in [0, 0.1) is 11.7 Å². The predicted octanol–water partition coefficient (Wildman–Crippen LogP) is 3.16. The molecule has 0 spiro atoms. The Morgan fingerprint density at radius 2 is 1.71 bits per heavy atom. The van der Waals surface area contributed by atoms with Gasteiger partial charge in [-0.15, -0.1) is 0 Å². The highest BCUT2D eigenvalue weighted by atomic mass is 19.1. The van der Waals surface area contributed by atoms with Crippen molar-refractivity contribution in [2.75, 3.05) is 0 Å². The van der Waals surface area contributed by atoms with Crippen molar-refractivity contribution in [3.63, 3.8) is 0 Å². The second kappa shape index (κ2) is 5.21. The molecule has 0 aliphatic heterocycles. The van der Waals surface area contributed by atoms with E-state index < -0.39 is 0 Å². The summed E-state index contributed by atoms with van der Waals surface area (Å²) >= 11 is 0. The minimum atomic E-state index is -0.372. The van der Waals surface area contributed by atoms with Crippen molar-refractivity contribution in [2.45, 2.75) is 32.1 Å². The van der Waals surface area contributed by atoms with Crippen molar-refractivity contribution < 1.29 is 14.0 Å². The largest absolute Gasteiger partial charge is 0.299 e. The quantitative estimate of drug-likeness (QED) is 0.592. The first kappa shape index (κ1) is 12.0. The van der Waals surface area contributed by atoms with Crippen molar-refractivity contribution in [1.82, 2.24) is 0 Å². The minimum Gasteiger partial charge on any atom is -0.299 e. The van der Waals surface area contributed by atoms with Crippen molar-refractivity contribution in [3.8, 4) is 0 Å². The van der Waals surface area contributed by atoms with Crippen LogP contribution < -0.4 is 0 Å². The third kappa shape index (κ3) is 2.99. The molecule has 0 atom stereocenters. The fraction of sp³-hybridized carbons (Fsp3) is 0.429. The van der Waals surface area contributed by atoms with Crippen LogP contribution in [0.25, 0.3) is 0 Å². The Bertz CT molecular complexity index is 416. The molecule has 1 aromatic carbocycles. The van der Waals surface area contributed by atoms with Gasteiger partial charge in [-0.2, -0.15) is 0 Å². The number of halogens is 1. The third-order valence-electron chi connectivity index (χ3n) is 3.31. The number of ketones is 2. The van der Waals surface area contributed by atoms with Gasteiger partial charge in [-0.1, -0.05) is 12.8 Å². The molecule has 2 rings (SSSR count). The topological polar surface area (TPSA) is 34.1 Å². The van der Waals surface area contributed by atoms with Crippen molar-refractivity contribution >= 4 is 11.6 Å². The molecule has 1 aromatic rings. The van der Waals surface area contributed by atoms with Crippen LogP contribution in [0.2, 0.25) is 0 Å². The highest BCUT2D eigenvalue weighted by Gasteiger charge is 2.24. The Labute approximate surface area is 99.8 Å². The van der Waals surface area contributed by atoms with E-state index in [0.717, 1.165) is 25.7 Å². The van der Waals surface area contributed by atoms with Gasteiger partial charge in [0.1, 0.15) is 11.6 Å². The number of hydrogen-bond donors (Lipinski definition) is 0. The molecule has 0 aromatic heterocycles. The Hall–Kier alpha value is -1.51. The fourth-order valence-electron chi connectivity index (χ4n) is 2.29. The maximum Gasteiger partial charge on any atom is 0.170 e. The first-order valence-corrected chi connectivity index (χ1v) is 5.98. The molecule has 0 bridgehead atoms. The van der Waals surface area contributed by atoms with Crippen LogP contribution in [-0.4, -0.2) is 11.6 Å². The molecule has 90 valence electrons. The van der Waals surface area contributed by atoms with Gasteiger partial charge in [0.2, 0.25) is 0 Å². The second-order valence-corrected chi connectivity index (χ2v) is 4.55. The van der Waals surface area contributed by atoms with Gasteiger partial charge in [-0.25, -0.2) is 4.39 Å². The van der Waals surface area contributed by atoms with E-state index in [1.54, 1.807) is 0 Å². The second-order valence-electron chi connectivity index (χ2n) is 4.55. The standard InChI is InChI=1S/C14H15FO2/c15-12-7-5-11(6-8-12)14(17)9-13(16)10-3-1-2-4-10/h5-8,10H,1-4,9H2. The number of carbonyl (C=O) groups is 2. The zero-order valence-corrected chi connectivity index (χ0v) is 9.62. The lowest BCUT2D eigenvalue weighted by Gasteiger charge is -2.06. The number of Topliss-reactive ketones (excluding diaryl/α,β-unsaturated/α-hetero) is 2. The number of benzene rings is 1. The van der Waals surface area contributed by atoms with Gasteiger partial charge < -0.3 is 0 Å². The fourth-order valence-corrected chi connectivity index (χ4v) is 2.29. The molecule has 0 saturated heterocycles. The summed E-state index contributed by atoms with van der Waals surface area (Å²) in [5.41, 5.74) is 0.415. The summed E-state index contributed by atoms with van der Waals surface area (Å²) in [4.78, 5) is 23.6. The Morgan fingerprint density at radius 3 is 2.29 bits per heavy atom. The summed E-state index contributed by atoms with van der Waals surface area (Å²) < 4.78 is 12.7. The van der Waals surface area contributed by atoms with E-state index in [-0.39, 0.29) is 29.7 Å². The van der Waals surface area contributed by atoms with E-state index in [4.69, 9.17) is 0 Å². The molecular formula is C14H15FO2. The van der Waals surface area contributed by atoms with Gasteiger partial charge in [0.25, 0.3) is 0 Å². The first-order chi connectivity index (χ1) is 8.16. The average molecular weight is 234 g/mol. The van der Waals surface area contributed by atoms with Crippen molar-refractivity contribution in [1.29, 1.82) is 0 Å². The predicted molar refractivity (Wildman–Crippen MR) is 62.3 cm³/mol. The van der Waals surface area contributed by atoms with Crippen LogP contribution in [0.3, 0.4) is 0 Å². The van der Waals surface area contributed by atoms with E-state index in [1.807, 2.05) is 0 Å². The van der Waals surface area contributed by atoms with Gasteiger partial charge in [0.05, 0.1) is 6.42 Å². The maximum atomic E-state index is 12.7. The SMILES string of the molecule is O=C(CC(=O)C1CCCC1)c1ccc(F)cc1. The zero-order chi connectivity index (χ0) is 12.3. The van der Waals surface area contributed by atoms with Crippen molar-refractivity contribution in [2.24, 2.45) is 5.92 Å². The molecule has 2 nitrogen and oxygen atoms in total. The van der Waals surface area contributed by atoms with E-state index >= 15 is 0 Å². The molecule has 0 radical (unpaired) electrons. The maximum absolute atomic E-state index is 12.7. The number of hydrogen-bond acceptors (Lipinski definition) is 2. The first-order valence-electron chi connectivity index (χ1n) is 5.98. The summed E-state index contributed by atoms with van der Waals surface area (Å²) in [6.45, 7) is 0. The monoisotopic (exact) mass is 234 g/mol. The summed E-state index contributed by atoms with van der Waals surface area (Å²) in [6.07, 6.45) is 3.95. The summed E-state index contributed by atoms with van der Waals surface area (Å²) in [5, 5.41) is 0. The molecule has 3 heteroatoms. The van der Waals surface area contributed by atoms with Gasteiger partial charge in [0, 0.05) is 11.5 Å². The lowest BCUT2D eigenvalue weighted by Crippen LogP contribution is -2.15. The zero-order valence-electron chi connectivity index (χ0n) is 9.62. The molecule has 0 N–H and O–H groups in total. The van der Waals surface area contributed by atoms with Gasteiger partial charge >= 0.3 is 0 Å². The van der Waals surface area contributed by atoms with Gasteiger partial charge in [-0.05, 0) is 37.1 Å². The Kier molecular flexibility index (Phi) is 3.67. The van der Waals surface area contributed by atoms with Gasteiger partial charge in [0.15, 0.2) is 5.78 Å². The van der Waals surface area contributed by atoms with Crippen LogP contribution in [-0.2, 0) is 4.79 Å². The molecule has 17 heavy (non-hydrogen) atoms. The van der Waals surface area contributed by atoms with Crippen LogP contribution in [0.4, 0.5) is 4.39 Å². The van der Waals surface area contributed by atoms with E-state index in [9.17, 15) is 14.0 Å². The van der Waals surface area contributed by atoms with E-state index in [1.165, 1.54) is 24.3 Å². The normalized spacial score (nSPS) is 16.1. The Balaban J connectivity index is 1.96. The highest BCUT2D eigenvalue weighted by Crippen LogP contribution is 2.26. The molecule has 1 saturated carbocycles.